The number of benzene rings is 2. The number of carbonyl (C=O) groups excluding carboxylic acids is 1. The molecular weight excluding hydrogens is 405 g/mol. The predicted molar refractivity (Wildman–Crippen MR) is 115 cm³/mol. The molecule has 3 rings (SSSR count). The van der Waals surface area contributed by atoms with Crippen LogP contribution in [0.1, 0.15) is 19.3 Å². The second kappa shape index (κ2) is 10.0. The molecule has 30 heavy (non-hydrogen) atoms. The Morgan fingerprint density at radius 1 is 1.17 bits per heavy atom. The molecule has 1 amide bonds. The van der Waals surface area contributed by atoms with Gasteiger partial charge in [0, 0.05) is 38.9 Å². The Bertz CT molecular complexity index is 936. The van der Waals surface area contributed by atoms with E-state index in [0.29, 0.717) is 25.9 Å². The van der Waals surface area contributed by atoms with Gasteiger partial charge in [-0.2, -0.15) is 4.31 Å². The first-order valence-electron chi connectivity index (χ1n) is 10.2. The topological polar surface area (TPSA) is 69.7 Å². The van der Waals surface area contributed by atoms with Gasteiger partial charge < -0.3 is 10.2 Å². The van der Waals surface area contributed by atoms with Crippen LogP contribution >= 0.6 is 0 Å². The van der Waals surface area contributed by atoms with E-state index >= 15 is 0 Å². The highest BCUT2D eigenvalue weighted by atomic mass is 32.2. The number of nitrogens with zero attached hydrogens (tertiary/aromatic N) is 2. The van der Waals surface area contributed by atoms with E-state index in [1.54, 1.807) is 0 Å². The average Bonchev–Trinajstić information content (AvgIpc) is 2.77. The molecule has 1 aliphatic heterocycles. The summed E-state index contributed by atoms with van der Waals surface area (Å²) in [7, 11) is -1.72. The van der Waals surface area contributed by atoms with Gasteiger partial charge in [-0.3, -0.25) is 4.79 Å². The van der Waals surface area contributed by atoms with Crippen LogP contribution in [0.2, 0.25) is 0 Å². The van der Waals surface area contributed by atoms with E-state index in [0.717, 1.165) is 30.8 Å². The van der Waals surface area contributed by atoms with Gasteiger partial charge in [-0.1, -0.05) is 18.2 Å². The fourth-order valence-electron chi connectivity index (χ4n) is 3.61. The number of para-hydroxylation sites is 1. The highest BCUT2D eigenvalue weighted by molar-refractivity contribution is 7.89. The maximum atomic E-state index is 13.1. The van der Waals surface area contributed by atoms with E-state index in [1.807, 2.05) is 37.4 Å². The lowest BCUT2D eigenvalue weighted by molar-refractivity contribution is -0.126. The molecule has 2 aromatic rings. The molecule has 0 radical (unpaired) electrons. The summed E-state index contributed by atoms with van der Waals surface area (Å²) in [6.07, 6.45) is 2.07. The van der Waals surface area contributed by atoms with Crippen molar-refractivity contribution in [2.45, 2.75) is 24.2 Å². The highest BCUT2D eigenvalue weighted by Gasteiger charge is 2.33. The number of sulfonamides is 1. The van der Waals surface area contributed by atoms with Gasteiger partial charge in [0.15, 0.2) is 0 Å². The first-order chi connectivity index (χ1) is 14.4. The fourth-order valence-corrected chi connectivity index (χ4v) is 5.14. The minimum Gasteiger partial charge on any atom is -0.375 e. The Morgan fingerprint density at radius 3 is 2.57 bits per heavy atom. The van der Waals surface area contributed by atoms with Gasteiger partial charge in [0.25, 0.3) is 0 Å². The molecular formula is C22H28FN3O3S. The molecule has 1 atom stereocenters. The molecule has 2 aromatic carbocycles. The maximum absolute atomic E-state index is 13.1. The molecule has 162 valence electrons. The van der Waals surface area contributed by atoms with Gasteiger partial charge in [0.05, 0.1) is 10.8 Å². The Morgan fingerprint density at radius 2 is 1.87 bits per heavy atom. The third kappa shape index (κ3) is 5.58. The number of hydrogen-bond acceptors (Lipinski definition) is 4. The number of piperidine rings is 1. The summed E-state index contributed by atoms with van der Waals surface area (Å²) in [5.74, 6) is -0.972. The van der Waals surface area contributed by atoms with Crippen molar-refractivity contribution in [3.63, 3.8) is 0 Å². The van der Waals surface area contributed by atoms with Gasteiger partial charge in [-0.15, -0.1) is 0 Å². The Hall–Kier alpha value is -2.45. The summed E-state index contributed by atoms with van der Waals surface area (Å²) in [5, 5.41) is 2.94. The normalized spacial score (nSPS) is 17.5. The van der Waals surface area contributed by atoms with Crippen molar-refractivity contribution in [2.75, 3.05) is 38.1 Å². The number of carbonyl (C=O) groups is 1. The van der Waals surface area contributed by atoms with E-state index in [1.165, 1.54) is 16.4 Å². The quantitative estimate of drug-likeness (QED) is 0.650. The van der Waals surface area contributed by atoms with Crippen LogP contribution in [0.5, 0.6) is 0 Å². The van der Waals surface area contributed by atoms with Gasteiger partial charge in [0.1, 0.15) is 5.82 Å². The van der Waals surface area contributed by atoms with Crippen LogP contribution in [0.15, 0.2) is 59.5 Å². The van der Waals surface area contributed by atoms with Gasteiger partial charge in [-0.25, -0.2) is 12.8 Å². The molecule has 0 unspecified atom stereocenters. The molecule has 0 bridgehead atoms. The van der Waals surface area contributed by atoms with Crippen molar-refractivity contribution in [1.82, 2.24) is 9.62 Å². The van der Waals surface area contributed by atoms with Crippen LogP contribution in [0, 0.1) is 11.7 Å². The van der Waals surface area contributed by atoms with Gasteiger partial charge in [0.2, 0.25) is 15.9 Å². The van der Waals surface area contributed by atoms with Crippen molar-refractivity contribution in [3.8, 4) is 0 Å². The number of anilines is 1. The molecule has 6 nitrogen and oxygen atoms in total. The number of amides is 1. The molecule has 1 saturated heterocycles. The number of nitrogens with one attached hydrogen (secondary N) is 1. The summed E-state index contributed by atoms with van der Waals surface area (Å²) in [5.41, 5.74) is 1.12. The van der Waals surface area contributed by atoms with Crippen LogP contribution in [-0.2, 0) is 14.8 Å². The van der Waals surface area contributed by atoms with Gasteiger partial charge >= 0.3 is 0 Å². The predicted octanol–water partition coefficient (Wildman–Crippen LogP) is 2.87. The van der Waals surface area contributed by atoms with Crippen LogP contribution in [0.25, 0.3) is 0 Å². The second-order valence-corrected chi connectivity index (χ2v) is 9.50. The van der Waals surface area contributed by atoms with Crippen molar-refractivity contribution in [2.24, 2.45) is 5.92 Å². The summed E-state index contributed by atoms with van der Waals surface area (Å²) in [6.45, 7) is 1.86. The molecule has 0 spiro atoms. The van der Waals surface area contributed by atoms with Crippen LogP contribution in [-0.4, -0.2) is 51.9 Å². The van der Waals surface area contributed by atoms with Crippen molar-refractivity contribution >= 4 is 21.6 Å². The van der Waals surface area contributed by atoms with Crippen LogP contribution in [0.3, 0.4) is 0 Å². The molecule has 1 fully saturated rings. The number of rotatable bonds is 8. The van der Waals surface area contributed by atoms with Gasteiger partial charge in [-0.05, 0) is 55.7 Å². The van der Waals surface area contributed by atoms with E-state index in [4.69, 9.17) is 0 Å². The Labute approximate surface area is 177 Å². The zero-order valence-corrected chi connectivity index (χ0v) is 17.9. The van der Waals surface area contributed by atoms with Crippen molar-refractivity contribution in [3.05, 3.63) is 60.4 Å². The monoisotopic (exact) mass is 433 g/mol. The zero-order chi connectivity index (χ0) is 21.6. The van der Waals surface area contributed by atoms with E-state index in [-0.39, 0.29) is 23.3 Å². The summed E-state index contributed by atoms with van der Waals surface area (Å²) < 4.78 is 40.1. The molecule has 1 aliphatic rings. The summed E-state index contributed by atoms with van der Waals surface area (Å²) in [4.78, 5) is 14.7. The highest BCUT2D eigenvalue weighted by Crippen LogP contribution is 2.24. The third-order valence-corrected chi connectivity index (χ3v) is 7.25. The van der Waals surface area contributed by atoms with Crippen molar-refractivity contribution in [1.29, 1.82) is 0 Å². The van der Waals surface area contributed by atoms with Crippen LogP contribution < -0.4 is 10.2 Å². The molecule has 0 saturated carbocycles. The maximum Gasteiger partial charge on any atom is 0.243 e. The third-order valence-electron chi connectivity index (χ3n) is 5.37. The average molecular weight is 434 g/mol. The second-order valence-electron chi connectivity index (χ2n) is 7.56. The summed E-state index contributed by atoms with van der Waals surface area (Å²) in [6, 6.07) is 14.8. The van der Waals surface area contributed by atoms with E-state index in [9.17, 15) is 17.6 Å². The fraction of sp³-hybridized carbons (Fsp3) is 0.409. The Balaban J connectivity index is 1.49. The Kier molecular flexibility index (Phi) is 7.44. The zero-order valence-electron chi connectivity index (χ0n) is 17.1. The minimum atomic E-state index is -3.73. The lowest BCUT2D eigenvalue weighted by Gasteiger charge is -2.31. The first-order valence-corrected chi connectivity index (χ1v) is 11.6. The van der Waals surface area contributed by atoms with E-state index < -0.39 is 15.8 Å². The summed E-state index contributed by atoms with van der Waals surface area (Å²) >= 11 is 0. The minimum absolute atomic E-state index is 0.0499. The van der Waals surface area contributed by atoms with Crippen LogP contribution in [0.4, 0.5) is 10.1 Å². The molecule has 8 heteroatoms. The lowest BCUT2D eigenvalue weighted by atomic mass is 9.99. The number of halogens is 1. The largest absolute Gasteiger partial charge is 0.375 e. The number of hydrogen-bond donors (Lipinski definition) is 1. The smallest absolute Gasteiger partial charge is 0.243 e. The SMILES string of the molecule is CN(CCCNC(=O)[C@H]1CCCN(S(=O)(=O)c2ccc(F)cc2)C1)c1ccccc1. The molecule has 1 N–H and O–H groups in total. The molecule has 0 aromatic heterocycles. The standard InChI is InChI=1S/C22H28FN3O3S/c1-25(20-8-3-2-4-9-20)15-6-14-24-22(27)18-7-5-16-26(17-18)30(28,29)21-12-10-19(23)11-13-21/h2-4,8-13,18H,5-7,14-17H2,1H3,(H,24,27)/t18-/m0/s1. The van der Waals surface area contributed by atoms with Crippen molar-refractivity contribution < 1.29 is 17.6 Å². The van der Waals surface area contributed by atoms with E-state index in [2.05, 4.69) is 10.2 Å². The molecule has 1 heterocycles. The first kappa shape index (κ1) is 22.2. The molecule has 0 aliphatic carbocycles. The lowest BCUT2D eigenvalue weighted by Crippen LogP contribution is -2.45.